The summed E-state index contributed by atoms with van der Waals surface area (Å²) in [5.41, 5.74) is 3.98. The highest BCUT2D eigenvalue weighted by Crippen LogP contribution is 2.25. The fraction of sp³-hybridized carbons (Fsp3) is 0.500. The number of nitrogens with zero attached hydrogens (tertiary/aromatic N) is 2. The van der Waals surface area contributed by atoms with Crippen molar-refractivity contribution in [2.75, 3.05) is 12.8 Å². The van der Waals surface area contributed by atoms with Crippen LogP contribution in [0.5, 0.6) is 0 Å². The van der Waals surface area contributed by atoms with Crippen molar-refractivity contribution in [1.29, 1.82) is 0 Å². The summed E-state index contributed by atoms with van der Waals surface area (Å²) in [4.78, 5) is 34.6. The fourth-order valence-corrected chi connectivity index (χ4v) is 4.47. The minimum atomic E-state index is -0.127. The number of aryl methyl sites for hydroxylation is 2. The van der Waals surface area contributed by atoms with E-state index in [9.17, 15) is 9.59 Å². The van der Waals surface area contributed by atoms with Crippen LogP contribution in [0.4, 0.5) is 0 Å². The first-order valence-electron chi connectivity index (χ1n) is 10.0. The zero-order valence-corrected chi connectivity index (χ0v) is 17.8. The van der Waals surface area contributed by atoms with E-state index in [1.807, 2.05) is 18.1 Å². The number of aromatic amines is 1. The van der Waals surface area contributed by atoms with Crippen LogP contribution in [-0.4, -0.2) is 39.6 Å². The van der Waals surface area contributed by atoms with Crippen LogP contribution >= 0.6 is 11.8 Å². The minimum Gasteiger partial charge on any atom is -0.339 e. The number of benzene rings is 1. The van der Waals surface area contributed by atoms with E-state index in [0.29, 0.717) is 23.6 Å². The fourth-order valence-electron chi connectivity index (χ4n) is 4.05. The molecular weight excluding hydrogens is 370 g/mol. The Balaban J connectivity index is 1.70. The number of carbonyl (C=O) groups excluding carboxylic acids is 1. The Labute approximate surface area is 171 Å². The molecule has 150 valence electrons. The Kier molecular flexibility index (Phi) is 6.94. The predicted molar refractivity (Wildman–Crippen MR) is 114 cm³/mol. The van der Waals surface area contributed by atoms with Crippen LogP contribution < -0.4 is 5.56 Å². The van der Waals surface area contributed by atoms with Crippen molar-refractivity contribution in [1.82, 2.24) is 14.9 Å². The monoisotopic (exact) mass is 399 g/mol. The molecule has 0 fully saturated rings. The molecule has 1 heterocycles. The number of fused-ring (bicyclic) bond motifs is 1. The number of rotatable bonds is 7. The summed E-state index contributed by atoms with van der Waals surface area (Å²) in [6.07, 6.45) is 6.55. The van der Waals surface area contributed by atoms with E-state index in [-0.39, 0.29) is 17.5 Å². The first kappa shape index (κ1) is 20.6. The summed E-state index contributed by atoms with van der Waals surface area (Å²) >= 11 is 1.41. The second kappa shape index (κ2) is 9.41. The largest absolute Gasteiger partial charge is 0.339 e. The minimum absolute atomic E-state index is 0.127. The molecule has 1 N–H and O–H groups in total. The lowest BCUT2D eigenvalue weighted by atomic mass is 9.87. The number of hydrogen-bond donors (Lipinski definition) is 1. The van der Waals surface area contributed by atoms with Gasteiger partial charge >= 0.3 is 0 Å². The molecule has 6 heteroatoms. The van der Waals surface area contributed by atoms with Crippen LogP contribution in [0.3, 0.4) is 0 Å². The molecule has 0 spiro atoms. The molecule has 1 unspecified atom stereocenters. The van der Waals surface area contributed by atoms with Gasteiger partial charge in [0.05, 0.1) is 0 Å². The van der Waals surface area contributed by atoms with E-state index < -0.39 is 0 Å². The lowest BCUT2D eigenvalue weighted by molar-refractivity contribution is -0.133. The maximum absolute atomic E-state index is 13.1. The summed E-state index contributed by atoms with van der Waals surface area (Å²) in [6.45, 7) is 4.72. The smallest absolute Gasteiger partial charge is 0.254 e. The molecule has 28 heavy (non-hydrogen) atoms. The number of aromatic nitrogens is 2. The van der Waals surface area contributed by atoms with Crippen LogP contribution in [-0.2, 0) is 24.1 Å². The molecule has 0 saturated carbocycles. The van der Waals surface area contributed by atoms with Crippen LogP contribution in [0.1, 0.15) is 48.6 Å². The Morgan fingerprint density at radius 1 is 1.32 bits per heavy atom. The van der Waals surface area contributed by atoms with E-state index in [1.54, 1.807) is 0 Å². The van der Waals surface area contributed by atoms with E-state index in [0.717, 1.165) is 37.9 Å². The van der Waals surface area contributed by atoms with Crippen LogP contribution in [0.2, 0.25) is 0 Å². The molecule has 1 amide bonds. The van der Waals surface area contributed by atoms with Crippen molar-refractivity contribution in [2.45, 2.75) is 63.6 Å². The SMILES string of the molecule is CCCN(C(=O)CCc1c(C)nc(SC)[nH]c1=O)C1CCc2ccccc2C1. The molecule has 0 bridgehead atoms. The van der Waals surface area contributed by atoms with Crippen LogP contribution in [0, 0.1) is 6.92 Å². The Morgan fingerprint density at radius 2 is 2.07 bits per heavy atom. The highest BCUT2D eigenvalue weighted by Gasteiger charge is 2.27. The van der Waals surface area contributed by atoms with E-state index in [1.165, 1.54) is 22.9 Å². The van der Waals surface area contributed by atoms with Gasteiger partial charge < -0.3 is 9.88 Å². The second-order valence-corrected chi connectivity index (χ2v) is 8.19. The lowest BCUT2D eigenvalue weighted by Crippen LogP contribution is -2.44. The number of amides is 1. The van der Waals surface area contributed by atoms with Gasteiger partial charge in [0, 0.05) is 30.3 Å². The van der Waals surface area contributed by atoms with Gasteiger partial charge in [0.15, 0.2) is 5.16 Å². The van der Waals surface area contributed by atoms with Gasteiger partial charge in [0.25, 0.3) is 5.56 Å². The summed E-state index contributed by atoms with van der Waals surface area (Å²) < 4.78 is 0. The maximum atomic E-state index is 13.1. The first-order valence-corrected chi connectivity index (χ1v) is 11.3. The summed E-state index contributed by atoms with van der Waals surface area (Å²) in [7, 11) is 0. The highest BCUT2D eigenvalue weighted by atomic mass is 32.2. The van der Waals surface area contributed by atoms with Gasteiger partial charge in [-0.3, -0.25) is 9.59 Å². The van der Waals surface area contributed by atoms with Crippen molar-refractivity contribution in [3.8, 4) is 0 Å². The van der Waals surface area contributed by atoms with Crippen molar-refractivity contribution in [2.24, 2.45) is 0 Å². The van der Waals surface area contributed by atoms with Crippen molar-refractivity contribution in [3.05, 3.63) is 57.0 Å². The standard InChI is InChI=1S/C22H29N3O2S/c1-4-13-25(18-10-9-16-7-5-6-8-17(16)14-18)20(26)12-11-19-15(2)23-22(28-3)24-21(19)27/h5-8,18H,4,9-14H2,1-3H3,(H,23,24,27). The number of nitrogens with one attached hydrogen (secondary N) is 1. The molecule has 0 saturated heterocycles. The summed E-state index contributed by atoms with van der Waals surface area (Å²) in [5.74, 6) is 0.138. The van der Waals surface area contributed by atoms with Gasteiger partial charge in [-0.2, -0.15) is 0 Å². The first-order chi connectivity index (χ1) is 13.5. The molecule has 5 nitrogen and oxygen atoms in total. The van der Waals surface area contributed by atoms with Crippen molar-refractivity contribution >= 4 is 17.7 Å². The van der Waals surface area contributed by atoms with Crippen LogP contribution in [0.25, 0.3) is 0 Å². The van der Waals surface area contributed by atoms with Gasteiger partial charge in [-0.15, -0.1) is 0 Å². The molecule has 2 aromatic rings. The van der Waals surface area contributed by atoms with Gasteiger partial charge in [0.2, 0.25) is 5.91 Å². The molecule has 1 aliphatic rings. The Hall–Kier alpha value is -2.08. The van der Waals surface area contributed by atoms with Gasteiger partial charge in [-0.1, -0.05) is 43.0 Å². The maximum Gasteiger partial charge on any atom is 0.254 e. The highest BCUT2D eigenvalue weighted by molar-refractivity contribution is 7.98. The molecule has 1 aromatic heterocycles. The van der Waals surface area contributed by atoms with Crippen molar-refractivity contribution < 1.29 is 4.79 Å². The number of H-pyrrole nitrogens is 1. The number of hydrogen-bond acceptors (Lipinski definition) is 4. The Morgan fingerprint density at radius 3 is 2.75 bits per heavy atom. The van der Waals surface area contributed by atoms with Gasteiger partial charge in [-0.05, 0) is 56.4 Å². The average Bonchev–Trinajstić information content (AvgIpc) is 2.70. The van der Waals surface area contributed by atoms with E-state index in [2.05, 4.69) is 41.2 Å². The van der Waals surface area contributed by atoms with E-state index in [4.69, 9.17) is 0 Å². The third-order valence-electron chi connectivity index (χ3n) is 5.53. The van der Waals surface area contributed by atoms with Crippen molar-refractivity contribution in [3.63, 3.8) is 0 Å². The zero-order chi connectivity index (χ0) is 20.1. The third-order valence-corrected chi connectivity index (χ3v) is 6.11. The van der Waals surface area contributed by atoms with Crippen LogP contribution in [0.15, 0.2) is 34.2 Å². The molecule has 0 aliphatic heterocycles. The molecule has 3 rings (SSSR count). The summed E-state index contributed by atoms with van der Waals surface area (Å²) in [6, 6.07) is 8.78. The molecular formula is C22H29N3O2S. The van der Waals surface area contributed by atoms with Gasteiger partial charge in [-0.25, -0.2) is 4.98 Å². The predicted octanol–water partition coefficient (Wildman–Crippen LogP) is 3.53. The average molecular weight is 400 g/mol. The normalized spacial score (nSPS) is 15.9. The second-order valence-electron chi connectivity index (χ2n) is 7.39. The van der Waals surface area contributed by atoms with Gasteiger partial charge in [0.1, 0.15) is 0 Å². The zero-order valence-electron chi connectivity index (χ0n) is 17.0. The number of thioether (sulfide) groups is 1. The molecule has 1 aromatic carbocycles. The van der Waals surface area contributed by atoms with E-state index >= 15 is 0 Å². The number of carbonyl (C=O) groups is 1. The quantitative estimate of drug-likeness (QED) is 0.571. The Bertz CT molecular complexity index is 894. The lowest BCUT2D eigenvalue weighted by Gasteiger charge is -2.35. The topological polar surface area (TPSA) is 66.1 Å². The molecule has 0 radical (unpaired) electrons. The summed E-state index contributed by atoms with van der Waals surface area (Å²) in [5, 5.41) is 0.617. The third kappa shape index (κ3) is 4.66. The molecule has 1 aliphatic carbocycles. The molecule has 1 atom stereocenters.